The number of aromatic nitrogens is 2. The maximum absolute atomic E-state index is 4.56. The van der Waals surface area contributed by atoms with Crippen LogP contribution >= 0.6 is 0 Å². The Morgan fingerprint density at radius 1 is 1.00 bits per heavy atom. The maximum Gasteiger partial charge on any atom is 0.139 e. The summed E-state index contributed by atoms with van der Waals surface area (Å²) in [5.41, 5.74) is 3.21. The van der Waals surface area contributed by atoms with Crippen molar-refractivity contribution in [1.82, 2.24) is 9.97 Å². The number of H-pyrrole nitrogens is 1. The van der Waals surface area contributed by atoms with E-state index in [1.165, 1.54) is 75.3 Å². The molecule has 2 aliphatic carbocycles. The van der Waals surface area contributed by atoms with Crippen LogP contribution in [0.5, 0.6) is 0 Å². The van der Waals surface area contributed by atoms with E-state index in [-0.39, 0.29) is 0 Å². The first-order valence-electron chi connectivity index (χ1n) is 9.64. The lowest BCUT2D eigenvalue weighted by molar-refractivity contribution is 0.430. The van der Waals surface area contributed by atoms with Gasteiger partial charge in [-0.2, -0.15) is 0 Å². The summed E-state index contributed by atoms with van der Waals surface area (Å²) in [5, 5.41) is 4.98. The molecule has 2 heterocycles. The van der Waals surface area contributed by atoms with Crippen LogP contribution in [0.2, 0.25) is 0 Å². The van der Waals surface area contributed by atoms with Crippen LogP contribution in [0.3, 0.4) is 0 Å². The number of anilines is 1. The second-order valence-corrected chi connectivity index (χ2v) is 7.37. The lowest BCUT2D eigenvalue weighted by Gasteiger charge is -2.25. The average molecular weight is 321 g/mol. The molecule has 0 saturated heterocycles. The van der Waals surface area contributed by atoms with Gasteiger partial charge in [-0.15, -0.1) is 0 Å². The lowest BCUT2D eigenvalue weighted by Crippen LogP contribution is -2.23. The summed E-state index contributed by atoms with van der Waals surface area (Å²) < 4.78 is 0. The Bertz CT molecular complexity index is 737. The minimum Gasteiger partial charge on any atom is -0.381 e. The van der Waals surface area contributed by atoms with Gasteiger partial charge in [0.15, 0.2) is 0 Å². The van der Waals surface area contributed by atoms with Crippen LogP contribution in [0.1, 0.15) is 69.8 Å². The van der Waals surface area contributed by atoms with Gasteiger partial charge in [0, 0.05) is 29.7 Å². The largest absolute Gasteiger partial charge is 0.381 e. The van der Waals surface area contributed by atoms with E-state index >= 15 is 0 Å². The Morgan fingerprint density at radius 3 is 2.54 bits per heavy atom. The molecule has 126 valence electrons. The molecular formula is C21H27N3. The molecule has 2 aliphatic rings. The molecule has 0 aliphatic heterocycles. The molecule has 0 aromatic carbocycles. The van der Waals surface area contributed by atoms with Gasteiger partial charge < -0.3 is 10.3 Å². The van der Waals surface area contributed by atoms with Gasteiger partial charge in [0.05, 0.1) is 11.3 Å². The zero-order valence-corrected chi connectivity index (χ0v) is 14.4. The van der Waals surface area contributed by atoms with Gasteiger partial charge in [-0.1, -0.05) is 50.4 Å². The molecule has 24 heavy (non-hydrogen) atoms. The van der Waals surface area contributed by atoms with Gasteiger partial charge in [0.25, 0.3) is 0 Å². The van der Waals surface area contributed by atoms with Gasteiger partial charge in [-0.25, -0.2) is 4.98 Å². The van der Waals surface area contributed by atoms with Crippen molar-refractivity contribution in [2.45, 2.75) is 70.3 Å². The van der Waals surface area contributed by atoms with Crippen molar-refractivity contribution in [3.05, 3.63) is 24.0 Å². The third-order valence-corrected chi connectivity index (χ3v) is 5.56. The van der Waals surface area contributed by atoms with Gasteiger partial charge in [0.1, 0.15) is 5.65 Å². The Kier molecular flexibility index (Phi) is 4.74. The third kappa shape index (κ3) is 3.43. The highest BCUT2D eigenvalue weighted by Gasteiger charge is 2.17. The van der Waals surface area contributed by atoms with E-state index in [4.69, 9.17) is 0 Å². The fraction of sp³-hybridized carbons (Fsp3) is 0.571. The smallest absolute Gasteiger partial charge is 0.139 e. The first-order chi connectivity index (χ1) is 11.9. The van der Waals surface area contributed by atoms with E-state index in [2.05, 4.69) is 33.2 Å². The van der Waals surface area contributed by atoms with E-state index < -0.39 is 0 Å². The minimum absolute atomic E-state index is 0.572. The van der Waals surface area contributed by atoms with E-state index in [0.29, 0.717) is 12.0 Å². The summed E-state index contributed by atoms with van der Waals surface area (Å²) in [4.78, 5) is 7.79. The molecule has 0 unspecified atom stereocenters. The van der Waals surface area contributed by atoms with Crippen molar-refractivity contribution in [2.24, 2.45) is 5.92 Å². The molecule has 2 fully saturated rings. The predicted octanol–water partition coefficient (Wildman–Crippen LogP) is 5.24. The van der Waals surface area contributed by atoms with Crippen LogP contribution < -0.4 is 5.32 Å². The van der Waals surface area contributed by atoms with Crippen LogP contribution in [0.15, 0.2) is 18.5 Å². The van der Waals surface area contributed by atoms with Crippen molar-refractivity contribution in [2.75, 3.05) is 5.32 Å². The van der Waals surface area contributed by atoms with Gasteiger partial charge in [0.2, 0.25) is 0 Å². The van der Waals surface area contributed by atoms with Gasteiger partial charge in [-0.3, -0.25) is 0 Å². The number of hydrogen-bond donors (Lipinski definition) is 2. The van der Waals surface area contributed by atoms with Gasteiger partial charge >= 0.3 is 0 Å². The highest BCUT2D eigenvalue weighted by Crippen LogP contribution is 2.29. The molecule has 0 spiro atoms. The quantitative estimate of drug-likeness (QED) is 0.743. The fourth-order valence-electron chi connectivity index (χ4n) is 4.14. The van der Waals surface area contributed by atoms with E-state index in [0.717, 1.165) is 11.2 Å². The molecule has 2 N–H and O–H groups in total. The minimum atomic E-state index is 0.572. The molecule has 3 heteroatoms. The second kappa shape index (κ2) is 7.30. The van der Waals surface area contributed by atoms with Gasteiger partial charge in [-0.05, 0) is 31.7 Å². The van der Waals surface area contributed by atoms with Crippen LogP contribution in [-0.4, -0.2) is 16.0 Å². The molecule has 0 bridgehead atoms. The molecule has 3 nitrogen and oxygen atoms in total. The first-order valence-corrected chi connectivity index (χ1v) is 9.64. The topological polar surface area (TPSA) is 40.7 Å². The lowest BCUT2D eigenvalue weighted by atomic mass is 9.89. The van der Waals surface area contributed by atoms with Crippen molar-refractivity contribution in [3.63, 3.8) is 0 Å². The van der Waals surface area contributed by atoms with E-state index in [1.54, 1.807) is 0 Å². The van der Waals surface area contributed by atoms with Crippen molar-refractivity contribution < 1.29 is 0 Å². The molecule has 4 rings (SSSR count). The molecule has 0 atom stereocenters. The zero-order chi connectivity index (χ0) is 16.2. The summed E-state index contributed by atoms with van der Waals surface area (Å²) in [6, 6.07) is 2.70. The molecule has 2 saturated carbocycles. The molecule has 2 aromatic rings. The average Bonchev–Trinajstić information content (AvgIpc) is 3.12. The fourth-order valence-corrected chi connectivity index (χ4v) is 4.14. The summed E-state index contributed by atoms with van der Waals surface area (Å²) in [7, 11) is 0. The summed E-state index contributed by atoms with van der Waals surface area (Å²) >= 11 is 0. The number of hydrogen-bond acceptors (Lipinski definition) is 2. The predicted molar refractivity (Wildman–Crippen MR) is 100 cm³/mol. The van der Waals surface area contributed by atoms with Crippen molar-refractivity contribution in [3.8, 4) is 11.8 Å². The number of pyridine rings is 1. The number of rotatable bonds is 2. The second-order valence-electron chi connectivity index (χ2n) is 7.37. The van der Waals surface area contributed by atoms with Crippen molar-refractivity contribution in [1.29, 1.82) is 0 Å². The van der Waals surface area contributed by atoms with Crippen LogP contribution in [0.25, 0.3) is 11.0 Å². The third-order valence-electron chi connectivity index (χ3n) is 5.56. The van der Waals surface area contributed by atoms with Crippen LogP contribution in [-0.2, 0) is 0 Å². The number of fused-ring (bicyclic) bond motifs is 1. The SMILES string of the molecule is C(#CC1CCCCC1)c1cnc2[nH]ccc2c1NC1CCCCC1. The molecule has 2 aromatic heterocycles. The Hall–Kier alpha value is -1.95. The molecule has 0 radical (unpaired) electrons. The summed E-state index contributed by atoms with van der Waals surface area (Å²) in [6.45, 7) is 0. The normalized spacial score (nSPS) is 19.8. The molecular weight excluding hydrogens is 294 g/mol. The monoisotopic (exact) mass is 321 g/mol. The number of aromatic amines is 1. The number of nitrogens with one attached hydrogen (secondary N) is 2. The summed E-state index contributed by atoms with van der Waals surface area (Å²) in [5.74, 6) is 7.57. The Labute approximate surface area is 144 Å². The standard InChI is InChI=1S/C21H27N3/c1-3-7-16(8-4-1)11-12-17-15-23-21-19(13-14-22-21)20(17)24-18-9-5-2-6-10-18/h13-16,18H,1-10H2,(H2,22,23,24). The highest BCUT2D eigenvalue weighted by molar-refractivity contribution is 5.92. The Morgan fingerprint density at radius 2 is 1.75 bits per heavy atom. The van der Waals surface area contributed by atoms with Crippen LogP contribution in [0, 0.1) is 17.8 Å². The Balaban J connectivity index is 1.63. The number of nitrogens with zero attached hydrogens (tertiary/aromatic N) is 1. The zero-order valence-electron chi connectivity index (χ0n) is 14.4. The first kappa shape index (κ1) is 15.6. The maximum atomic E-state index is 4.56. The highest BCUT2D eigenvalue weighted by atomic mass is 14.9. The molecule has 0 amide bonds. The van der Waals surface area contributed by atoms with Crippen molar-refractivity contribution >= 4 is 16.7 Å². The summed E-state index contributed by atoms with van der Waals surface area (Å²) in [6.07, 6.45) is 17.1. The van der Waals surface area contributed by atoms with Crippen LogP contribution in [0.4, 0.5) is 5.69 Å². The van der Waals surface area contributed by atoms with E-state index in [9.17, 15) is 0 Å². The van der Waals surface area contributed by atoms with E-state index in [1.807, 2.05) is 12.4 Å².